The lowest BCUT2D eigenvalue weighted by Crippen LogP contribution is -2.41. The molecule has 0 bridgehead atoms. The maximum Gasteiger partial charge on any atom is 0.423 e. The van der Waals surface area contributed by atoms with E-state index in [1.54, 1.807) is 0 Å². The lowest BCUT2D eigenvalue weighted by atomic mass is 9.94. The van der Waals surface area contributed by atoms with Crippen LogP contribution in [0.15, 0.2) is 30.6 Å². The zero-order chi connectivity index (χ0) is 19.7. The molecule has 0 aliphatic heterocycles. The number of nitro benzene ring substituents is 1. The number of carbonyl (C=O) groups is 1. The van der Waals surface area contributed by atoms with Crippen LogP contribution in [0, 0.1) is 15.9 Å². The van der Waals surface area contributed by atoms with Crippen LogP contribution < -0.4 is 0 Å². The SMILES string of the molecule is C[C@](O)(Cn1cc(F)cn1)C(=O)Cc1ccc([N+](=O)[O-])c(C(F)(F)F)c1. The fourth-order valence-corrected chi connectivity index (χ4v) is 2.28. The zero-order valence-electron chi connectivity index (χ0n) is 13.3. The Hall–Kier alpha value is -2.82. The molecule has 26 heavy (non-hydrogen) atoms. The van der Waals surface area contributed by atoms with Crippen molar-refractivity contribution in [1.29, 1.82) is 0 Å². The van der Waals surface area contributed by atoms with Crippen molar-refractivity contribution in [3.05, 3.63) is 57.7 Å². The molecule has 0 aliphatic rings. The number of Topliss-reactive ketones (excluding diaryl/α,β-unsaturated/α-hetero) is 1. The van der Waals surface area contributed by atoms with E-state index in [2.05, 4.69) is 5.10 Å². The average Bonchev–Trinajstić information content (AvgIpc) is 2.90. The summed E-state index contributed by atoms with van der Waals surface area (Å²) < 4.78 is 52.8. The second kappa shape index (κ2) is 6.83. The van der Waals surface area contributed by atoms with Crippen molar-refractivity contribution in [2.24, 2.45) is 0 Å². The molecule has 1 atom stereocenters. The minimum Gasteiger partial charge on any atom is -0.380 e. The summed E-state index contributed by atoms with van der Waals surface area (Å²) in [5.41, 5.74) is -4.80. The van der Waals surface area contributed by atoms with Gasteiger partial charge in [0.15, 0.2) is 11.6 Å². The number of rotatable bonds is 6. The fraction of sp³-hybridized carbons (Fsp3) is 0.333. The summed E-state index contributed by atoms with van der Waals surface area (Å²) in [5, 5.41) is 24.5. The number of benzene rings is 1. The van der Waals surface area contributed by atoms with E-state index in [1.807, 2.05) is 0 Å². The standard InChI is InChI=1S/C15H13F4N3O4/c1-14(24,8-21-7-10(16)6-20-21)13(23)5-9-2-3-12(22(25)26)11(4-9)15(17,18)19/h2-4,6-7,24H,5,8H2,1H3/t14-/m0/s1. The Morgan fingerprint density at radius 2 is 2.04 bits per heavy atom. The van der Waals surface area contributed by atoms with Crippen molar-refractivity contribution in [1.82, 2.24) is 9.78 Å². The number of halogens is 4. The van der Waals surface area contributed by atoms with Gasteiger partial charge in [-0.15, -0.1) is 0 Å². The Morgan fingerprint density at radius 1 is 1.38 bits per heavy atom. The van der Waals surface area contributed by atoms with Crippen molar-refractivity contribution in [2.75, 3.05) is 0 Å². The van der Waals surface area contributed by atoms with E-state index in [1.165, 1.54) is 0 Å². The molecule has 1 N–H and O–H groups in total. The largest absolute Gasteiger partial charge is 0.423 e. The number of aliphatic hydroxyl groups is 1. The topological polar surface area (TPSA) is 98.3 Å². The summed E-state index contributed by atoms with van der Waals surface area (Å²) in [5.74, 6) is -1.53. The molecule has 0 aliphatic carbocycles. The van der Waals surface area contributed by atoms with E-state index in [-0.39, 0.29) is 5.56 Å². The van der Waals surface area contributed by atoms with Crippen LogP contribution in [0.4, 0.5) is 23.2 Å². The summed E-state index contributed by atoms with van der Waals surface area (Å²) in [6.07, 6.45) is -3.77. The first kappa shape index (κ1) is 19.5. The lowest BCUT2D eigenvalue weighted by molar-refractivity contribution is -0.388. The molecule has 0 saturated heterocycles. The molecule has 0 spiro atoms. The van der Waals surface area contributed by atoms with Crippen molar-refractivity contribution < 1.29 is 32.4 Å². The second-order valence-electron chi connectivity index (χ2n) is 5.84. The Balaban J connectivity index is 2.24. The van der Waals surface area contributed by atoms with Gasteiger partial charge in [0.25, 0.3) is 5.69 Å². The van der Waals surface area contributed by atoms with E-state index in [9.17, 15) is 37.6 Å². The van der Waals surface area contributed by atoms with Gasteiger partial charge in [-0.3, -0.25) is 19.6 Å². The van der Waals surface area contributed by atoms with Crippen LogP contribution in [0.5, 0.6) is 0 Å². The highest BCUT2D eigenvalue weighted by atomic mass is 19.4. The van der Waals surface area contributed by atoms with Gasteiger partial charge in [0.05, 0.1) is 23.9 Å². The highest BCUT2D eigenvalue weighted by Gasteiger charge is 2.39. The van der Waals surface area contributed by atoms with Gasteiger partial charge in [-0.2, -0.15) is 18.3 Å². The Kier molecular flexibility index (Phi) is 5.12. The lowest BCUT2D eigenvalue weighted by Gasteiger charge is -2.22. The molecular formula is C15H13F4N3O4. The molecule has 0 radical (unpaired) electrons. The van der Waals surface area contributed by atoms with Gasteiger partial charge in [-0.1, -0.05) is 6.07 Å². The van der Waals surface area contributed by atoms with Gasteiger partial charge in [-0.25, -0.2) is 4.39 Å². The third-order valence-corrected chi connectivity index (χ3v) is 3.60. The van der Waals surface area contributed by atoms with E-state index >= 15 is 0 Å². The van der Waals surface area contributed by atoms with Crippen LogP contribution in [0.1, 0.15) is 18.1 Å². The molecule has 1 aromatic heterocycles. The van der Waals surface area contributed by atoms with Gasteiger partial charge in [0.2, 0.25) is 0 Å². The number of hydrogen-bond donors (Lipinski definition) is 1. The Bertz CT molecular complexity index is 846. The van der Waals surface area contributed by atoms with Crippen LogP contribution in [0.2, 0.25) is 0 Å². The summed E-state index contributed by atoms with van der Waals surface area (Å²) in [6.45, 7) is 0.708. The molecule has 0 unspecified atom stereocenters. The predicted octanol–water partition coefficient (Wildman–Crippen LogP) is 2.51. The number of alkyl halides is 3. The third kappa shape index (κ3) is 4.42. The maximum absolute atomic E-state index is 13.0. The first-order chi connectivity index (χ1) is 11.9. The van der Waals surface area contributed by atoms with Crippen LogP contribution in [-0.2, 0) is 23.9 Å². The summed E-state index contributed by atoms with van der Waals surface area (Å²) in [4.78, 5) is 21.8. The van der Waals surface area contributed by atoms with Crippen molar-refractivity contribution in [2.45, 2.75) is 31.7 Å². The van der Waals surface area contributed by atoms with Crippen LogP contribution in [-0.4, -0.2) is 31.2 Å². The Labute approximate surface area is 144 Å². The van der Waals surface area contributed by atoms with Gasteiger partial charge in [0.1, 0.15) is 11.2 Å². The normalized spacial score (nSPS) is 14.1. The highest BCUT2D eigenvalue weighted by Crippen LogP contribution is 2.36. The van der Waals surface area contributed by atoms with Gasteiger partial charge >= 0.3 is 6.18 Å². The summed E-state index contributed by atoms with van der Waals surface area (Å²) >= 11 is 0. The third-order valence-electron chi connectivity index (χ3n) is 3.60. The van der Waals surface area contributed by atoms with Gasteiger partial charge in [-0.05, 0) is 18.6 Å². The quantitative estimate of drug-likeness (QED) is 0.475. The molecule has 0 saturated carbocycles. The number of carbonyl (C=O) groups excluding carboxylic acids is 1. The molecule has 11 heteroatoms. The van der Waals surface area contributed by atoms with Crippen LogP contribution in [0.25, 0.3) is 0 Å². The number of hydrogen-bond acceptors (Lipinski definition) is 5. The average molecular weight is 375 g/mol. The van der Waals surface area contributed by atoms with Crippen LogP contribution >= 0.6 is 0 Å². The molecule has 140 valence electrons. The molecule has 2 aromatic rings. The molecule has 1 aromatic carbocycles. The minimum atomic E-state index is -4.98. The molecular weight excluding hydrogens is 362 g/mol. The smallest absolute Gasteiger partial charge is 0.380 e. The molecule has 1 heterocycles. The van der Waals surface area contributed by atoms with E-state index in [0.29, 0.717) is 12.1 Å². The summed E-state index contributed by atoms with van der Waals surface area (Å²) in [7, 11) is 0. The van der Waals surface area contributed by atoms with Crippen molar-refractivity contribution >= 4 is 11.5 Å². The number of nitro groups is 1. The number of nitrogens with zero attached hydrogens (tertiary/aromatic N) is 3. The predicted molar refractivity (Wildman–Crippen MR) is 79.6 cm³/mol. The number of ketones is 1. The van der Waals surface area contributed by atoms with E-state index in [4.69, 9.17) is 0 Å². The molecule has 7 nitrogen and oxygen atoms in total. The molecule has 0 amide bonds. The van der Waals surface area contributed by atoms with E-state index < -0.39 is 52.5 Å². The minimum absolute atomic E-state index is 0.153. The van der Waals surface area contributed by atoms with Crippen molar-refractivity contribution in [3.63, 3.8) is 0 Å². The maximum atomic E-state index is 13.0. The molecule has 0 fully saturated rings. The fourth-order valence-electron chi connectivity index (χ4n) is 2.28. The zero-order valence-corrected chi connectivity index (χ0v) is 13.3. The van der Waals surface area contributed by atoms with Crippen molar-refractivity contribution in [3.8, 4) is 0 Å². The highest BCUT2D eigenvalue weighted by molar-refractivity contribution is 5.88. The van der Waals surface area contributed by atoms with Crippen LogP contribution in [0.3, 0.4) is 0 Å². The summed E-state index contributed by atoms with van der Waals surface area (Å²) in [6, 6.07) is 2.16. The second-order valence-corrected chi connectivity index (χ2v) is 5.84. The van der Waals surface area contributed by atoms with E-state index in [0.717, 1.165) is 30.1 Å². The number of aromatic nitrogens is 2. The molecule has 2 rings (SSSR count). The van der Waals surface area contributed by atoms with Gasteiger partial charge < -0.3 is 5.11 Å². The Morgan fingerprint density at radius 3 is 2.54 bits per heavy atom. The first-order valence-corrected chi connectivity index (χ1v) is 7.18. The monoisotopic (exact) mass is 375 g/mol. The van der Waals surface area contributed by atoms with Gasteiger partial charge in [0, 0.05) is 12.5 Å². The first-order valence-electron chi connectivity index (χ1n) is 7.18.